The van der Waals surface area contributed by atoms with Gasteiger partial charge in [-0.1, -0.05) is 47.2 Å². The lowest BCUT2D eigenvalue weighted by molar-refractivity contribution is -0.113. The third kappa shape index (κ3) is 6.25. The fourth-order valence-electron chi connectivity index (χ4n) is 2.64. The van der Waals surface area contributed by atoms with E-state index in [9.17, 15) is 4.79 Å². The summed E-state index contributed by atoms with van der Waals surface area (Å²) in [5.41, 5.74) is 4.05. The number of carbonyl (C=O) groups is 1. The van der Waals surface area contributed by atoms with Crippen molar-refractivity contribution in [2.75, 3.05) is 21.7 Å². The second-order valence-electron chi connectivity index (χ2n) is 6.92. The summed E-state index contributed by atoms with van der Waals surface area (Å²) in [5, 5.41) is 12.0. The van der Waals surface area contributed by atoms with Gasteiger partial charge in [0.25, 0.3) is 0 Å². The van der Waals surface area contributed by atoms with Crippen molar-refractivity contribution in [1.82, 2.24) is 19.9 Å². The average molecular weight is 464 g/mol. The van der Waals surface area contributed by atoms with Gasteiger partial charge in [-0.15, -0.1) is 11.3 Å². The van der Waals surface area contributed by atoms with Crippen LogP contribution < -0.4 is 16.0 Å². The fraction of sp³-hybridized carbons (Fsp3) is 0.136. The van der Waals surface area contributed by atoms with Gasteiger partial charge in [0.05, 0.1) is 5.75 Å². The first kappa shape index (κ1) is 21.7. The SMILES string of the molecule is Cc1ccc(Nc2nc(Nc3ccc(C)cc3)nc(SCC(=O)Nc3nccs3)n2)cc1. The summed E-state index contributed by atoms with van der Waals surface area (Å²) < 4.78 is 0. The van der Waals surface area contributed by atoms with Crippen LogP contribution in [-0.4, -0.2) is 31.6 Å². The molecule has 2 aromatic heterocycles. The number of rotatable bonds is 8. The van der Waals surface area contributed by atoms with Crippen molar-refractivity contribution in [2.24, 2.45) is 0 Å². The zero-order chi connectivity index (χ0) is 22.3. The molecule has 2 aromatic carbocycles. The van der Waals surface area contributed by atoms with Crippen LogP contribution in [0.25, 0.3) is 0 Å². The number of aryl methyl sites for hydroxylation is 2. The molecule has 0 saturated carbocycles. The van der Waals surface area contributed by atoms with Crippen LogP contribution in [0.5, 0.6) is 0 Å². The molecule has 4 aromatic rings. The molecule has 32 heavy (non-hydrogen) atoms. The third-order valence-corrected chi connectivity index (χ3v) is 5.78. The highest BCUT2D eigenvalue weighted by Crippen LogP contribution is 2.22. The highest BCUT2D eigenvalue weighted by Gasteiger charge is 2.11. The molecule has 0 aliphatic rings. The first-order valence-corrected chi connectivity index (χ1v) is 11.7. The minimum Gasteiger partial charge on any atom is -0.324 e. The van der Waals surface area contributed by atoms with Crippen molar-refractivity contribution >= 4 is 57.4 Å². The number of hydrogen-bond donors (Lipinski definition) is 3. The van der Waals surface area contributed by atoms with Crippen LogP contribution in [0.3, 0.4) is 0 Å². The van der Waals surface area contributed by atoms with Crippen LogP contribution in [0.1, 0.15) is 11.1 Å². The molecular formula is C22H21N7OS2. The maximum Gasteiger partial charge on any atom is 0.236 e. The van der Waals surface area contributed by atoms with E-state index in [0.717, 1.165) is 22.5 Å². The second kappa shape index (κ2) is 10.2. The Morgan fingerprint density at radius 3 is 1.94 bits per heavy atom. The standard InChI is InChI=1S/C22H21N7OS2/c1-14-3-7-16(8-4-14)24-19-27-20(25-17-9-5-15(2)6-10-17)29-22(28-19)32-13-18(30)26-21-23-11-12-31-21/h3-12H,13H2,1-2H3,(H,23,26,30)(H2,24,25,27,28,29). The Morgan fingerprint density at radius 1 is 0.875 bits per heavy atom. The van der Waals surface area contributed by atoms with Crippen molar-refractivity contribution in [3.05, 3.63) is 71.2 Å². The summed E-state index contributed by atoms with van der Waals surface area (Å²) >= 11 is 2.60. The second-order valence-corrected chi connectivity index (χ2v) is 8.76. The number of hydrogen-bond acceptors (Lipinski definition) is 9. The lowest BCUT2D eigenvalue weighted by Gasteiger charge is -2.10. The van der Waals surface area contributed by atoms with Crippen LogP contribution in [-0.2, 0) is 4.79 Å². The average Bonchev–Trinajstić information content (AvgIpc) is 3.28. The summed E-state index contributed by atoms with van der Waals surface area (Å²) in [4.78, 5) is 29.7. The molecule has 0 radical (unpaired) electrons. The molecule has 0 aliphatic heterocycles. The van der Waals surface area contributed by atoms with E-state index in [0.29, 0.717) is 22.2 Å². The minimum atomic E-state index is -0.175. The van der Waals surface area contributed by atoms with Gasteiger partial charge in [0, 0.05) is 23.0 Å². The maximum absolute atomic E-state index is 12.2. The highest BCUT2D eigenvalue weighted by molar-refractivity contribution is 7.99. The Labute approximate surface area is 194 Å². The van der Waals surface area contributed by atoms with E-state index in [2.05, 4.69) is 35.9 Å². The largest absolute Gasteiger partial charge is 0.324 e. The van der Waals surface area contributed by atoms with Gasteiger partial charge in [-0.05, 0) is 38.1 Å². The van der Waals surface area contributed by atoms with E-state index in [1.54, 1.807) is 11.6 Å². The monoisotopic (exact) mass is 463 g/mol. The summed E-state index contributed by atoms with van der Waals surface area (Å²) in [7, 11) is 0. The minimum absolute atomic E-state index is 0.150. The van der Waals surface area contributed by atoms with Gasteiger partial charge in [-0.2, -0.15) is 15.0 Å². The number of thioether (sulfide) groups is 1. The van der Waals surface area contributed by atoms with Gasteiger partial charge in [-0.25, -0.2) is 4.98 Å². The number of nitrogens with zero attached hydrogens (tertiary/aromatic N) is 4. The Kier molecular flexibility index (Phi) is 6.93. The van der Waals surface area contributed by atoms with Crippen molar-refractivity contribution in [2.45, 2.75) is 19.0 Å². The van der Waals surface area contributed by atoms with Crippen molar-refractivity contribution in [1.29, 1.82) is 0 Å². The van der Waals surface area contributed by atoms with E-state index < -0.39 is 0 Å². The van der Waals surface area contributed by atoms with Crippen molar-refractivity contribution in [3.63, 3.8) is 0 Å². The Balaban J connectivity index is 1.52. The third-order valence-electron chi connectivity index (χ3n) is 4.24. The molecule has 8 nitrogen and oxygen atoms in total. The first-order chi connectivity index (χ1) is 15.5. The van der Waals surface area contributed by atoms with Crippen molar-refractivity contribution < 1.29 is 4.79 Å². The maximum atomic E-state index is 12.2. The molecule has 0 unspecified atom stereocenters. The summed E-state index contributed by atoms with van der Waals surface area (Å²) in [6.07, 6.45) is 1.64. The smallest absolute Gasteiger partial charge is 0.236 e. The molecule has 1 amide bonds. The highest BCUT2D eigenvalue weighted by atomic mass is 32.2. The lowest BCUT2D eigenvalue weighted by atomic mass is 10.2. The topological polar surface area (TPSA) is 105 Å². The molecule has 162 valence electrons. The van der Waals surface area contributed by atoms with Crippen LogP contribution >= 0.6 is 23.1 Å². The van der Waals surface area contributed by atoms with E-state index in [-0.39, 0.29) is 11.7 Å². The van der Waals surface area contributed by atoms with Gasteiger partial charge in [0.2, 0.25) is 17.8 Å². The molecule has 0 saturated heterocycles. The molecule has 0 aliphatic carbocycles. The van der Waals surface area contributed by atoms with Crippen LogP contribution in [0.2, 0.25) is 0 Å². The number of thiazole rings is 1. The van der Waals surface area contributed by atoms with Crippen LogP contribution in [0.4, 0.5) is 28.4 Å². The quantitative estimate of drug-likeness (QED) is 0.308. The summed E-state index contributed by atoms with van der Waals surface area (Å²) in [5.74, 6) is 0.756. The van der Waals surface area contributed by atoms with E-state index in [1.807, 2.05) is 62.4 Å². The molecule has 0 atom stereocenters. The first-order valence-electron chi connectivity index (χ1n) is 9.79. The predicted octanol–water partition coefficient (Wildman–Crippen LogP) is 5.16. The number of amides is 1. The Bertz CT molecular complexity index is 1110. The van der Waals surface area contributed by atoms with Gasteiger partial charge in [0.1, 0.15) is 0 Å². The Hall–Kier alpha value is -3.50. The number of carbonyl (C=O) groups excluding carboxylic acids is 1. The summed E-state index contributed by atoms with van der Waals surface area (Å²) in [6, 6.07) is 15.9. The van der Waals surface area contributed by atoms with Crippen molar-refractivity contribution in [3.8, 4) is 0 Å². The molecule has 10 heteroatoms. The van der Waals surface area contributed by atoms with Crippen LogP contribution in [0.15, 0.2) is 65.3 Å². The molecule has 0 bridgehead atoms. The van der Waals surface area contributed by atoms with Gasteiger partial charge >= 0.3 is 0 Å². The zero-order valence-electron chi connectivity index (χ0n) is 17.5. The fourth-order valence-corrected chi connectivity index (χ4v) is 3.81. The van der Waals surface area contributed by atoms with Gasteiger partial charge in [-0.3, -0.25) is 4.79 Å². The number of nitrogens with one attached hydrogen (secondary N) is 3. The van der Waals surface area contributed by atoms with E-state index in [1.165, 1.54) is 23.1 Å². The zero-order valence-corrected chi connectivity index (χ0v) is 19.1. The van der Waals surface area contributed by atoms with Gasteiger partial charge < -0.3 is 16.0 Å². The molecule has 0 fully saturated rings. The molecule has 2 heterocycles. The van der Waals surface area contributed by atoms with Gasteiger partial charge in [0.15, 0.2) is 10.3 Å². The predicted molar refractivity (Wildman–Crippen MR) is 130 cm³/mol. The lowest BCUT2D eigenvalue weighted by Crippen LogP contribution is -2.14. The number of benzene rings is 2. The molecule has 0 spiro atoms. The Morgan fingerprint density at radius 2 is 1.44 bits per heavy atom. The molecule has 4 rings (SSSR count). The molecule has 3 N–H and O–H groups in total. The number of anilines is 5. The normalized spacial score (nSPS) is 10.6. The summed E-state index contributed by atoms with van der Waals surface area (Å²) in [6.45, 7) is 4.06. The molecular weight excluding hydrogens is 442 g/mol. The van der Waals surface area contributed by atoms with E-state index >= 15 is 0 Å². The van der Waals surface area contributed by atoms with Crippen LogP contribution in [0, 0.1) is 13.8 Å². The van der Waals surface area contributed by atoms with E-state index in [4.69, 9.17) is 0 Å². The number of aromatic nitrogens is 4.